The van der Waals surface area contributed by atoms with Crippen LogP contribution in [0.25, 0.3) is 0 Å². The molecule has 1 nitrogen and oxygen atoms in total. The average Bonchev–Trinajstić information content (AvgIpc) is 2.35. The third-order valence-corrected chi connectivity index (χ3v) is 4.70. The molecule has 0 unspecified atom stereocenters. The molecule has 0 bridgehead atoms. The van der Waals surface area contributed by atoms with Gasteiger partial charge in [-0.15, -0.1) is 0 Å². The highest BCUT2D eigenvalue weighted by Crippen LogP contribution is 2.38. The van der Waals surface area contributed by atoms with Crippen molar-refractivity contribution in [2.24, 2.45) is 23.7 Å². The van der Waals surface area contributed by atoms with Crippen LogP contribution >= 0.6 is 0 Å². The molecule has 0 N–H and O–H groups in total. The molecule has 0 aromatic carbocycles. The Morgan fingerprint density at radius 2 is 2.00 bits per heavy atom. The Labute approximate surface area is 119 Å². The number of carbonyl (C=O) groups excluding carboxylic acids is 1. The van der Waals surface area contributed by atoms with Crippen molar-refractivity contribution in [1.29, 1.82) is 0 Å². The molecule has 0 saturated heterocycles. The lowest BCUT2D eigenvalue weighted by Crippen LogP contribution is -2.32. The lowest BCUT2D eigenvalue weighted by atomic mass is 9.68. The zero-order chi connectivity index (χ0) is 14.4. The van der Waals surface area contributed by atoms with Gasteiger partial charge in [0.1, 0.15) is 0 Å². The summed E-state index contributed by atoms with van der Waals surface area (Å²) in [6, 6.07) is 0. The van der Waals surface area contributed by atoms with Gasteiger partial charge in [-0.05, 0) is 56.4 Å². The maximum Gasteiger partial charge on any atom is 0.158 e. The SMILES string of the molecule is CCCC/C(C)=C/C(=O)[C@@H]1C[C@H](C)CC[C@H]1C(C)C. The minimum atomic E-state index is 0.278. The summed E-state index contributed by atoms with van der Waals surface area (Å²) in [5.74, 6) is 2.62. The van der Waals surface area contributed by atoms with Crippen LogP contribution in [0.1, 0.15) is 73.1 Å². The van der Waals surface area contributed by atoms with Gasteiger partial charge in [0.05, 0.1) is 0 Å². The fraction of sp³-hybridized carbons (Fsp3) is 0.833. The predicted molar refractivity (Wildman–Crippen MR) is 83.1 cm³/mol. The van der Waals surface area contributed by atoms with Crippen LogP contribution < -0.4 is 0 Å². The standard InChI is InChI=1S/C18H32O/c1-6-7-8-14(4)12-18(19)17-11-15(5)9-10-16(17)13(2)3/h12-13,15-17H,6-11H2,1-5H3/b14-12+/t15-,16+,17-/m1/s1. The number of unbranched alkanes of at least 4 members (excludes halogenated alkanes) is 1. The lowest BCUT2D eigenvalue weighted by molar-refractivity contribution is -0.122. The van der Waals surface area contributed by atoms with E-state index in [0.717, 1.165) is 12.8 Å². The first kappa shape index (κ1) is 16.5. The van der Waals surface area contributed by atoms with Gasteiger partial charge in [-0.25, -0.2) is 0 Å². The molecule has 3 atom stereocenters. The molecule has 0 aromatic heterocycles. The summed E-state index contributed by atoms with van der Waals surface area (Å²) >= 11 is 0. The van der Waals surface area contributed by atoms with E-state index in [1.165, 1.54) is 31.3 Å². The second kappa shape index (κ2) is 7.87. The fourth-order valence-corrected chi connectivity index (χ4v) is 3.41. The number of hydrogen-bond donors (Lipinski definition) is 0. The molecule has 0 amide bonds. The molecule has 1 saturated carbocycles. The van der Waals surface area contributed by atoms with E-state index in [-0.39, 0.29) is 5.92 Å². The molecule has 1 fully saturated rings. The molecule has 1 heteroatoms. The third kappa shape index (κ3) is 5.12. The van der Waals surface area contributed by atoms with Gasteiger partial charge in [-0.2, -0.15) is 0 Å². The van der Waals surface area contributed by atoms with Crippen molar-refractivity contribution in [2.75, 3.05) is 0 Å². The number of hydrogen-bond acceptors (Lipinski definition) is 1. The molecule has 1 aliphatic rings. The number of allylic oxidation sites excluding steroid dienone is 2. The van der Waals surface area contributed by atoms with Crippen LogP contribution in [0.2, 0.25) is 0 Å². The van der Waals surface area contributed by atoms with Crippen LogP contribution in [0.4, 0.5) is 0 Å². The Hall–Kier alpha value is -0.590. The summed E-state index contributed by atoms with van der Waals surface area (Å²) < 4.78 is 0. The van der Waals surface area contributed by atoms with Gasteiger partial charge < -0.3 is 0 Å². The average molecular weight is 264 g/mol. The normalized spacial score (nSPS) is 28.7. The minimum absolute atomic E-state index is 0.278. The maximum atomic E-state index is 12.6. The Balaban J connectivity index is 2.70. The van der Waals surface area contributed by atoms with Crippen molar-refractivity contribution in [3.05, 3.63) is 11.6 Å². The molecule has 0 aliphatic heterocycles. The van der Waals surface area contributed by atoms with E-state index in [1.807, 2.05) is 6.08 Å². The van der Waals surface area contributed by atoms with Crippen LogP contribution in [-0.4, -0.2) is 5.78 Å². The van der Waals surface area contributed by atoms with Crippen molar-refractivity contribution in [2.45, 2.75) is 73.1 Å². The molecular formula is C18H32O. The first-order valence-electron chi connectivity index (χ1n) is 8.16. The van der Waals surface area contributed by atoms with Gasteiger partial charge in [-0.1, -0.05) is 46.1 Å². The van der Waals surface area contributed by atoms with Crippen LogP contribution in [0.3, 0.4) is 0 Å². The Kier molecular flexibility index (Phi) is 6.82. The van der Waals surface area contributed by atoms with E-state index in [0.29, 0.717) is 23.5 Å². The highest BCUT2D eigenvalue weighted by Gasteiger charge is 2.34. The summed E-state index contributed by atoms with van der Waals surface area (Å²) in [6.45, 7) is 11.2. The maximum absolute atomic E-state index is 12.6. The topological polar surface area (TPSA) is 17.1 Å². The summed E-state index contributed by atoms with van der Waals surface area (Å²) in [4.78, 5) is 12.6. The van der Waals surface area contributed by atoms with E-state index in [4.69, 9.17) is 0 Å². The molecule has 110 valence electrons. The fourth-order valence-electron chi connectivity index (χ4n) is 3.41. The van der Waals surface area contributed by atoms with Crippen molar-refractivity contribution in [3.63, 3.8) is 0 Å². The second-order valence-corrected chi connectivity index (χ2v) is 6.93. The Bertz CT molecular complexity index is 314. The van der Waals surface area contributed by atoms with Crippen LogP contribution in [0.5, 0.6) is 0 Å². The Morgan fingerprint density at radius 3 is 2.58 bits per heavy atom. The third-order valence-electron chi connectivity index (χ3n) is 4.70. The quantitative estimate of drug-likeness (QED) is 0.587. The largest absolute Gasteiger partial charge is 0.295 e. The molecule has 1 aliphatic carbocycles. The van der Waals surface area contributed by atoms with Crippen molar-refractivity contribution in [3.8, 4) is 0 Å². The molecule has 0 aromatic rings. The highest BCUT2D eigenvalue weighted by molar-refractivity contribution is 5.92. The number of rotatable bonds is 6. The van der Waals surface area contributed by atoms with Crippen LogP contribution in [-0.2, 0) is 4.79 Å². The molecule has 1 rings (SSSR count). The highest BCUT2D eigenvalue weighted by atomic mass is 16.1. The van der Waals surface area contributed by atoms with Crippen LogP contribution in [0, 0.1) is 23.7 Å². The first-order chi connectivity index (χ1) is 8.95. The van der Waals surface area contributed by atoms with E-state index in [2.05, 4.69) is 34.6 Å². The Morgan fingerprint density at radius 1 is 1.32 bits per heavy atom. The summed E-state index contributed by atoms with van der Waals surface area (Å²) in [6.07, 6.45) is 9.06. The van der Waals surface area contributed by atoms with Gasteiger partial charge >= 0.3 is 0 Å². The number of ketones is 1. The van der Waals surface area contributed by atoms with Gasteiger partial charge in [0.15, 0.2) is 5.78 Å². The van der Waals surface area contributed by atoms with Crippen molar-refractivity contribution < 1.29 is 4.79 Å². The summed E-state index contributed by atoms with van der Waals surface area (Å²) in [5, 5.41) is 0. The van der Waals surface area contributed by atoms with Gasteiger partial charge in [0, 0.05) is 5.92 Å². The monoisotopic (exact) mass is 264 g/mol. The van der Waals surface area contributed by atoms with E-state index in [9.17, 15) is 4.79 Å². The predicted octanol–water partition coefficient (Wildman–Crippen LogP) is 5.40. The smallest absolute Gasteiger partial charge is 0.158 e. The van der Waals surface area contributed by atoms with Crippen molar-refractivity contribution in [1.82, 2.24) is 0 Å². The molecular weight excluding hydrogens is 232 g/mol. The van der Waals surface area contributed by atoms with Gasteiger partial charge in [-0.3, -0.25) is 4.79 Å². The van der Waals surface area contributed by atoms with E-state index < -0.39 is 0 Å². The van der Waals surface area contributed by atoms with E-state index in [1.54, 1.807) is 0 Å². The van der Waals surface area contributed by atoms with Crippen LogP contribution in [0.15, 0.2) is 11.6 Å². The first-order valence-corrected chi connectivity index (χ1v) is 8.16. The van der Waals surface area contributed by atoms with Crippen molar-refractivity contribution >= 4 is 5.78 Å². The van der Waals surface area contributed by atoms with Gasteiger partial charge in [0.25, 0.3) is 0 Å². The van der Waals surface area contributed by atoms with Gasteiger partial charge in [0.2, 0.25) is 0 Å². The molecule has 19 heavy (non-hydrogen) atoms. The molecule has 0 heterocycles. The zero-order valence-corrected chi connectivity index (χ0v) is 13.5. The summed E-state index contributed by atoms with van der Waals surface area (Å²) in [5.41, 5.74) is 1.27. The zero-order valence-electron chi connectivity index (χ0n) is 13.5. The molecule has 0 spiro atoms. The lowest BCUT2D eigenvalue weighted by Gasteiger charge is -2.36. The van der Waals surface area contributed by atoms with E-state index >= 15 is 0 Å². The second-order valence-electron chi connectivity index (χ2n) is 6.93. The summed E-state index contributed by atoms with van der Waals surface area (Å²) in [7, 11) is 0. The number of carbonyl (C=O) groups is 1. The molecule has 0 radical (unpaired) electrons. The minimum Gasteiger partial charge on any atom is -0.295 e.